The number of likely N-dealkylation sites (N-methyl/N-ethyl adjacent to an activating group) is 1. The maximum atomic E-state index is 13.3. The molecule has 2 aromatic carbocycles. The van der Waals surface area contributed by atoms with Gasteiger partial charge in [0.1, 0.15) is 0 Å². The van der Waals surface area contributed by atoms with E-state index < -0.39 is 0 Å². The quantitative estimate of drug-likeness (QED) is 0.363. The number of halogens is 3. The Labute approximate surface area is 195 Å². The summed E-state index contributed by atoms with van der Waals surface area (Å²) in [6, 6.07) is 11.3. The molecule has 1 heterocycles. The Morgan fingerprint density at radius 2 is 1.79 bits per heavy atom. The molecule has 1 aromatic heterocycles. The molecule has 4 nitrogen and oxygen atoms in total. The van der Waals surface area contributed by atoms with Crippen molar-refractivity contribution in [2.24, 2.45) is 0 Å². The third-order valence-corrected chi connectivity index (χ3v) is 6.51. The van der Waals surface area contributed by atoms with E-state index >= 15 is 0 Å². The number of fused-ring (bicyclic) bond motifs is 1. The first-order valence-electron chi connectivity index (χ1n) is 9.29. The van der Waals surface area contributed by atoms with Crippen molar-refractivity contribution in [3.05, 3.63) is 57.0 Å². The molecule has 0 aliphatic carbocycles. The molecule has 0 saturated carbocycles. The van der Waals surface area contributed by atoms with E-state index in [-0.39, 0.29) is 18.3 Å². The molecule has 29 heavy (non-hydrogen) atoms. The summed E-state index contributed by atoms with van der Waals surface area (Å²) in [5.74, 6) is -0.0394. The highest BCUT2D eigenvalue weighted by Crippen LogP contribution is 2.33. The van der Waals surface area contributed by atoms with E-state index in [4.69, 9.17) is 16.6 Å². The summed E-state index contributed by atoms with van der Waals surface area (Å²) in [5.41, 5.74) is 2.57. The number of aryl methyl sites for hydroxylation is 1. The van der Waals surface area contributed by atoms with Gasteiger partial charge in [-0.3, -0.25) is 9.69 Å². The summed E-state index contributed by atoms with van der Waals surface area (Å²) in [6.07, 6.45) is 0. The maximum absolute atomic E-state index is 13.3. The lowest BCUT2D eigenvalue weighted by Crippen LogP contribution is -2.38. The highest BCUT2D eigenvalue weighted by molar-refractivity contribution is 9.10. The van der Waals surface area contributed by atoms with Gasteiger partial charge in [-0.15, -0.1) is 12.4 Å². The highest BCUT2D eigenvalue weighted by atomic mass is 79.9. The third kappa shape index (κ3) is 5.70. The minimum Gasteiger partial charge on any atom is -0.302 e. The average molecular weight is 517 g/mol. The first kappa shape index (κ1) is 24.1. The molecule has 8 heteroatoms. The Morgan fingerprint density at radius 3 is 2.41 bits per heavy atom. The number of nitrogens with zero attached hydrogens (tertiary/aromatic N) is 3. The molecule has 0 radical (unpaired) electrons. The van der Waals surface area contributed by atoms with Gasteiger partial charge in [0, 0.05) is 28.1 Å². The average Bonchev–Trinajstić information content (AvgIpc) is 3.09. The van der Waals surface area contributed by atoms with Crippen LogP contribution in [-0.2, 0) is 0 Å². The van der Waals surface area contributed by atoms with Crippen LogP contribution in [0, 0.1) is 6.92 Å². The second-order valence-electron chi connectivity index (χ2n) is 6.56. The van der Waals surface area contributed by atoms with Gasteiger partial charge in [-0.1, -0.05) is 52.7 Å². The van der Waals surface area contributed by atoms with Crippen LogP contribution in [-0.4, -0.2) is 42.0 Å². The van der Waals surface area contributed by atoms with Crippen molar-refractivity contribution in [1.82, 2.24) is 9.88 Å². The number of rotatable bonds is 7. The van der Waals surface area contributed by atoms with E-state index in [0.717, 1.165) is 39.9 Å². The van der Waals surface area contributed by atoms with Crippen molar-refractivity contribution in [2.75, 3.05) is 31.1 Å². The van der Waals surface area contributed by atoms with Gasteiger partial charge in [0.15, 0.2) is 5.13 Å². The molecule has 0 bridgehead atoms. The topological polar surface area (TPSA) is 36.4 Å². The molecule has 0 fully saturated rings. The van der Waals surface area contributed by atoms with E-state index in [1.54, 1.807) is 4.90 Å². The lowest BCUT2D eigenvalue weighted by Gasteiger charge is -2.24. The SMILES string of the molecule is CCN(CC)CCN(C(=O)c1ccc(Br)cc1)c1nc2c(C)cc(Cl)cc2s1.Cl. The second kappa shape index (κ2) is 10.7. The van der Waals surface area contributed by atoms with Crippen LogP contribution in [0.25, 0.3) is 10.2 Å². The van der Waals surface area contributed by atoms with Crippen LogP contribution < -0.4 is 4.90 Å². The normalized spacial score (nSPS) is 11.0. The molecule has 0 saturated heterocycles. The fourth-order valence-electron chi connectivity index (χ4n) is 3.07. The van der Waals surface area contributed by atoms with Crippen molar-refractivity contribution in [3.63, 3.8) is 0 Å². The number of hydrogen-bond acceptors (Lipinski definition) is 4. The minimum atomic E-state index is -0.0394. The molecule has 1 amide bonds. The van der Waals surface area contributed by atoms with Gasteiger partial charge in [0.2, 0.25) is 0 Å². The second-order valence-corrected chi connectivity index (χ2v) is 8.92. The zero-order valence-corrected chi connectivity index (χ0v) is 20.6. The van der Waals surface area contributed by atoms with Gasteiger partial charge < -0.3 is 4.90 Å². The van der Waals surface area contributed by atoms with Crippen LogP contribution in [0.5, 0.6) is 0 Å². The number of carbonyl (C=O) groups is 1. The van der Waals surface area contributed by atoms with E-state index in [9.17, 15) is 4.79 Å². The number of amides is 1. The van der Waals surface area contributed by atoms with Crippen LogP contribution in [0.15, 0.2) is 40.9 Å². The molecule has 0 spiro atoms. The van der Waals surface area contributed by atoms with E-state index in [1.807, 2.05) is 43.3 Å². The number of carbonyl (C=O) groups excluding carboxylic acids is 1. The number of benzene rings is 2. The number of hydrogen-bond donors (Lipinski definition) is 0. The van der Waals surface area contributed by atoms with Crippen molar-refractivity contribution < 1.29 is 4.79 Å². The number of anilines is 1. The van der Waals surface area contributed by atoms with Gasteiger partial charge >= 0.3 is 0 Å². The standard InChI is InChI=1S/C21H23BrClN3OS.ClH/c1-4-25(5-2)10-11-26(20(27)15-6-8-16(22)9-7-15)21-24-19-14(3)12-17(23)13-18(19)28-21;/h6-9,12-13H,4-5,10-11H2,1-3H3;1H. The molecule has 0 aliphatic rings. The van der Waals surface area contributed by atoms with Gasteiger partial charge in [-0.25, -0.2) is 4.98 Å². The zero-order valence-electron chi connectivity index (χ0n) is 16.6. The van der Waals surface area contributed by atoms with Crippen LogP contribution in [0.4, 0.5) is 5.13 Å². The van der Waals surface area contributed by atoms with Crippen molar-refractivity contribution >= 4 is 72.5 Å². The van der Waals surface area contributed by atoms with Crippen LogP contribution in [0.1, 0.15) is 29.8 Å². The van der Waals surface area contributed by atoms with E-state index in [2.05, 4.69) is 34.7 Å². The molecule has 0 unspecified atom stereocenters. The summed E-state index contributed by atoms with van der Waals surface area (Å²) in [5, 5.41) is 1.40. The lowest BCUT2D eigenvalue weighted by molar-refractivity contribution is 0.0984. The Balaban J connectivity index is 0.00000300. The Kier molecular flexibility index (Phi) is 8.91. The lowest BCUT2D eigenvalue weighted by atomic mass is 10.2. The molecule has 3 aromatic rings. The van der Waals surface area contributed by atoms with Crippen molar-refractivity contribution in [2.45, 2.75) is 20.8 Å². The zero-order chi connectivity index (χ0) is 20.3. The molecule has 0 aliphatic heterocycles. The van der Waals surface area contributed by atoms with Gasteiger partial charge in [-0.05, 0) is 62.0 Å². The Bertz CT molecular complexity index is 974. The van der Waals surface area contributed by atoms with Gasteiger partial charge in [-0.2, -0.15) is 0 Å². The first-order chi connectivity index (χ1) is 13.4. The summed E-state index contributed by atoms with van der Waals surface area (Å²) < 4.78 is 1.94. The predicted octanol–water partition coefficient (Wildman–Crippen LogP) is 6.43. The largest absolute Gasteiger partial charge is 0.302 e. The summed E-state index contributed by atoms with van der Waals surface area (Å²) in [7, 11) is 0. The Morgan fingerprint density at radius 1 is 1.14 bits per heavy atom. The minimum absolute atomic E-state index is 0. The molecule has 3 rings (SSSR count). The summed E-state index contributed by atoms with van der Waals surface area (Å²) in [6.45, 7) is 9.54. The van der Waals surface area contributed by atoms with Crippen molar-refractivity contribution in [1.29, 1.82) is 0 Å². The van der Waals surface area contributed by atoms with E-state index in [1.165, 1.54) is 11.3 Å². The predicted molar refractivity (Wildman–Crippen MR) is 130 cm³/mol. The molecule has 0 N–H and O–H groups in total. The van der Waals surface area contributed by atoms with Crippen LogP contribution in [0.3, 0.4) is 0 Å². The first-order valence-corrected chi connectivity index (χ1v) is 11.3. The fourth-order valence-corrected chi connectivity index (χ4v) is 4.78. The highest BCUT2D eigenvalue weighted by Gasteiger charge is 2.22. The van der Waals surface area contributed by atoms with Gasteiger partial charge in [0.25, 0.3) is 5.91 Å². The summed E-state index contributed by atoms with van der Waals surface area (Å²) >= 11 is 11.2. The van der Waals surface area contributed by atoms with E-state index in [0.29, 0.717) is 22.3 Å². The number of thiazole rings is 1. The molecular formula is C21H24BrCl2N3OS. The smallest absolute Gasteiger partial charge is 0.260 e. The number of aromatic nitrogens is 1. The molecule has 0 atom stereocenters. The molecule has 156 valence electrons. The van der Waals surface area contributed by atoms with Crippen LogP contribution in [0.2, 0.25) is 5.02 Å². The third-order valence-electron chi connectivity index (χ3n) is 4.74. The fraction of sp³-hybridized carbons (Fsp3) is 0.333. The maximum Gasteiger partial charge on any atom is 0.260 e. The monoisotopic (exact) mass is 515 g/mol. The Hall–Kier alpha value is -1.18. The van der Waals surface area contributed by atoms with Gasteiger partial charge in [0.05, 0.1) is 10.2 Å². The van der Waals surface area contributed by atoms with Crippen LogP contribution >= 0.6 is 51.3 Å². The molecular weight excluding hydrogens is 493 g/mol. The summed E-state index contributed by atoms with van der Waals surface area (Å²) in [4.78, 5) is 22.2. The van der Waals surface area contributed by atoms with Crippen molar-refractivity contribution in [3.8, 4) is 0 Å².